The second-order valence-corrected chi connectivity index (χ2v) is 8.25. The first-order valence-corrected chi connectivity index (χ1v) is 10.4. The number of nitriles is 1. The van der Waals surface area contributed by atoms with Gasteiger partial charge in [0, 0.05) is 55.6 Å². The standard InChI is InChI=1S/C23H22ClN5O/c1-27-18-10-11-29(14-21-26-22-15(12-25)6-5-9-20(22)30-21)13-19(18)28(2)23(27)16-7-3-4-8-17(16)24/h3-9,23H,10-11,13-14H2,1-2H3. The van der Waals surface area contributed by atoms with E-state index in [1.54, 1.807) is 6.07 Å². The zero-order valence-electron chi connectivity index (χ0n) is 17.0. The van der Waals surface area contributed by atoms with Crippen LogP contribution in [0.2, 0.25) is 5.02 Å². The van der Waals surface area contributed by atoms with Gasteiger partial charge in [-0.15, -0.1) is 0 Å². The van der Waals surface area contributed by atoms with Crippen molar-refractivity contribution in [1.82, 2.24) is 19.7 Å². The highest BCUT2D eigenvalue weighted by Gasteiger charge is 2.38. The van der Waals surface area contributed by atoms with Gasteiger partial charge >= 0.3 is 0 Å². The molecule has 0 aliphatic carbocycles. The first-order chi connectivity index (χ1) is 14.6. The quantitative estimate of drug-likeness (QED) is 0.629. The topological polar surface area (TPSA) is 59.5 Å². The Balaban J connectivity index is 1.37. The molecule has 7 heteroatoms. The van der Waals surface area contributed by atoms with Gasteiger partial charge in [-0.1, -0.05) is 35.9 Å². The number of aromatic nitrogens is 1. The predicted molar refractivity (Wildman–Crippen MR) is 115 cm³/mol. The van der Waals surface area contributed by atoms with Gasteiger partial charge in [0.05, 0.1) is 12.1 Å². The Morgan fingerprint density at radius 1 is 1.13 bits per heavy atom. The number of nitrogens with zero attached hydrogens (tertiary/aromatic N) is 5. The van der Waals surface area contributed by atoms with Crippen LogP contribution in [0.4, 0.5) is 0 Å². The first-order valence-electron chi connectivity index (χ1n) is 10.00. The maximum absolute atomic E-state index is 9.29. The van der Waals surface area contributed by atoms with Gasteiger partial charge < -0.3 is 14.2 Å². The molecule has 1 atom stereocenters. The van der Waals surface area contributed by atoms with Crippen molar-refractivity contribution in [2.75, 3.05) is 27.2 Å². The van der Waals surface area contributed by atoms with Crippen molar-refractivity contribution in [3.8, 4) is 6.07 Å². The second-order valence-electron chi connectivity index (χ2n) is 7.84. The van der Waals surface area contributed by atoms with E-state index < -0.39 is 0 Å². The van der Waals surface area contributed by atoms with Crippen LogP contribution in [0.15, 0.2) is 58.3 Å². The minimum Gasteiger partial charge on any atom is -0.439 e. The van der Waals surface area contributed by atoms with Gasteiger partial charge in [0.15, 0.2) is 5.58 Å². The summed E-state index contributed by atoms with van der Waals surface area (Å²) in [4.78, 5) is 11.6. The third-order valence-corrected chi connectivity index (χ3v) is 6.43. The molecule has 2 aromatic carbocycles. The van der Waals surface area contributed by atoms with Crippen LogP contribution in [0.1, 0.15) is 29.6 Å². The van der Waals surface area contributed by atoms with Gasteiger partial charge in [-0.3, -0.25) is 4.90 Å². The molecule has 0 saturated carbocycles. The maximum Gasteiger partial charge on any atom is 0.209 e. The van der Waals surface area contributed by atoms with Crippen LogP contribution in [-0.2, 0) is 6.54 Å². The van der Waals surface area contributed by atoms with Crippen LogP contribution in [0.5, 0.6) is 0 Å². The lowest BCUT2D eigenvalue weighted by atomic mass is 10.1. The van der Waals surface area contributed by atoms with Crippen LogP contribution < -0.4 is 0 Å². The first kappa shape index (κ1) is 19.0. The smallest absolute Gasteiger partial charge is 0.209 e. The van der Waals surface area contributed by atoms with Crippen molar-refractivity contribution in [3.63, 3.8) is 0 Å². The zero-order chi connectivity index (χ0) is 20.8. The minimum atomic E-state index is 0.103. The molecule has 5 rings (SSSR count). The number of para-hydroxylation sites is 1. The van der Waals surface area contributed by atoms with E-state index in [1.165, 1.54) is 11.4 Å². The molecule has 0 spiro atoms. The van der Waals surface area contributed by atoms with Gasteiger partial charge in [-0.05, 0) is 18.2 Å². The van der Waals surface area contributed by atoms with Crippen molar-refractivity contribution >= 4 is 22.7 Å². The third-order valence-electron chi connectivity index (χ3n) is 6.08. The van der Waals surface area contributed by atoms with E-state index in [4.69, 9.17) is 16.0 Å². The monoisotopic (exact) mass is 419 g/mol. The molecule has 3 heterocycles. The van der Waals surface area contributed by atoms with E-state index in [-0.39, 0.29) is 6.17 Å². The Bertz CT molecular complexity index is 1190. The average Bonchev–Trinajstić information content (AvgIpc) is 3.27. The number of likely N-dealkylation sites (N-methyl/N-ethyl adjacent to an activating group) is 1. The van der Waals surface area contributed by atoms with Crippen molar-refractivity contribution < 1.29 is 4.42 Å². The second kappa shape index (κ2) is 7.35. The van der Waals surface area contributed by atoms with E-state index in [0.29, 0.717) is 29.1 Å². The fourth-order valence-corrected chi connectivity index (χ4v) is 4.85. The molecule has 2 aliphatic rings. The molecular weight excluding hydrogens is 398 g/mol. The molecule has 1 unspecified atom stereocenters. The molecule has 1 aromatic heterocycles. The van der Waals surface area contributed by atoms with Gasteiger partial charge in [-0.25, -0.2) is 4.98 Å². The zero-order valence-corrected chi connectivity index (χ0v) is 17.7. The molecule has 30 heavy (non-hydrogen) atoms. The molecule has 0 N–H and O–H groups in total. The lowest BCUT2D eigenvalue weighted by Crippen LogP contribution is -2.34. The predicted octanol–water partition coefficient (Wildman–Crippen LogP) is 4.35. The molecule has 3 aromatic rings. The summed E-state index contributed by atoms with van der Waals surface area (Å²) in [6.45, 7) is 2.36. The molecule has 6 nitrogen and oxygen atoms in total. The highest BCUT2D eigenvalue weighted by molar-refractivity contribution is 6.31. The number of benzene rings is 2. The summed E-state index contributed by atoms with van der Waals surface area (Å²) in [5.41, 5.74) is 5.64. The van der Waals surface area contributed by atoms with Crippen molar-refractivity contribution in [2.45, 2.75) is 19.1 Å². The van der Waals surface area contributed by atoms with Gasteiger partial charge in [0.1, 0.15) is 17.8 Å². The largest absolute Gasteiger partial charge is 0.439 e. The van der Waals surface area contributed by atoms with Gasteiger partial charge in [0.2, 0.25) is 5.89 Å². The van der Waals surface area contributed by atoms with Gasteiger partial charge in [-0.2, -0.15) is 5.26 Å². The molecule has 0 amide bonds. The lowest BCUT2D eigenvalue weighted by Gasteiger charge is -2.31. The summed E-state index contributed by atoms with van der Waals surface area (Å²) in [5.74, 6) is 0.647. The van der Waals surface area contributed by atoms with E-state index in [1.807, 2.05) is 30.3 Å². The van der Waals surface area contributed by atoms with Crippen LogP contribution in [0.3, 0.4) is 0 Å². The normalized spacial score (nSPS) is 19.5. The Morgan fingerprint density at radius 3 is 2.73 bits per heavy atom. The van der Waals surface area contributed by atoms with E-state index in [9.17, 15) is 5.26 Å². The van der Waals surface area contributed by atoms with Crippen LogP contribution in [0, 0.1) is 11.3 Å². The summed E-state index contributed by atoms with van der Waals surface area (Å²) in [6, 6.07) is 15.7. The number of halogens is 1. The summed E-state index contributed by atoms with van der Waals surface area (Å²) in [5, 5.41) is 10.1. The number of oxazole rings is 1. The molecule has 152 valence electrons. The third kappa shape index (κ3) is 3.02. The maximum atomic E-state index is 9.29. The SMILES string of the molecule is CN1C2=C(CN(Cc3nc4c(C#N)cccc4o3)CC2)N(C)C1c1ccccc1Cl. The summed E-state index contributed by atoms with van der Waals surface area (Å²) >= 11 is 6.51. The lowest BCUT2D eigenvalue weighted by molar-refractivity contribution is 0.186. The van der Waals surface area contributed by atoms with Crippen molar-refractivity contribution in [3.05, 3.63) is 75.9 Å². The van der Waals surface area contributed by atoms with E-state index in [2.05, 4.69) is 45.9 Å². The van der Waals surface area contributed by atoms with E-state index >= 15 is 0 Å². The summed E-state index contributed by atoms with van der Waals surface area (Å²) in [6.07, 6.45) is 1.06. The highest BCUT2D eigenvalue weighted by atomic mass is 35.5. The number of rotatable bonds is 3. The van der Waals surface area contributed by atoms with Crippen molar-refractivity contribution in [2.24, 2.45) is 0 Å². The average molecular weight is 420 g/mol. The Labute approximate surface area is 180 Å². The number of fused-ring (bicyclic) bond motifs is 1. The Kier molecular flexibility index (Phi) is 4.65. The van der Waals surface area contributed by atoms with E-state index in [0.717, 1.165) is 30.1 Å². The molecule has 0 radical (unpaired) electrons. The van der Waals surface area contributed by atoms with Crippen LogP contribution in [0.25, 0.3) is 11.1 Å². The molecular formula is C23H22ClN5O. The number of hydrogen-bond donors (Lipinski definition) is 0. The highest BCUT2D eigenvalue weighted by Crippen LogP contribution is 2.42. The molecule has 0 saturated heterocycles. The fraction of sp³-hybridized carbons (Fsp3) is 0.304. The molecule has 0 bridgehead atoms. The summed E-state index contributed by atoms with van der Waals surface area (Å²) < 4.78 is 5.92. The fourth-order valence-electron chi connectivity index (χ4n) is 4.62. The number of hydrogen-bond acceptors (Lipinski definition) is 6. The van der Waals surface area contributed by atoms with Crippen LogP contribution >= 0.6 is 11.6 Å². The molecule has 2 aliphatic heterocycles. The van der Waals surface area contributed by atoms with Crippen molar-refractivity contribution in [1.29, 1.82) is 5.26 Å². The van der Waals surface area contributed by atoms with Gasteiger partial charge in [0.25, 0.3) is 0 Å². The Hall–Kier alpha value is -3.01. The molecule has 0 fully saturated rings. The Morgan fingerprint density at radius 2 is 1.93 bits per heavy atom. The minimum absolute atomic E-state index is 0.103. The summed E-state index contributed by atoms with van der Waals surface area (Å²) in [7, 11) is 4.28. The van der Waals surface area contributed by atoms with Crippen LogP contribution in [-0.4, -0.2) is 46.9 Å².